The number of carbonyl (C=O) groups excluding carboxylic acids is 1. The van der Waals surface area contributed by atoms with Crippen LogP contribution >= 0.6 is 0 Å². The number of phenols is 1. The second-order valence-corrected chi connectivity index (χ2v) is 5.77. The summed E-state index contributed by atoms with van der Waals surface area (Å²) in [7, 11) is 1.52. The molecule has 0 unspecified atom stereocenters. The van der Waals surface area contributed by atoms with Gasteiger partial charge in [-0.3, -0.25) is 4.79 Å². The summed E-state index contributed by atoms with van der Waals surface area (Å²) in [6.07, 6.45) is 1.24. The molecule has 0 bridgehead atoms. The smallest absolute Gasteiger partial charge is 0.352 e. The minimum Gasteiger partial charge on any atom is -0.507 e. The van der Waals surface area contributed by atoms with E-state index in [0.717, 1.165) is 5.39 Å². The summed E-state index contributed by atoms with van der Waals surface area (Å²) >= 11 is 0. The van der Waals surface area contributed by atoms with Gasteiger partial charge in [0, 0.05) is 11.1 Å². The molecule has 0 aliphatic heterocycles. The highest BCUT2D eigenvalue weighted by molar-refractivity contribution is 6.05. The van der Waals surface area contributed by atoms with Crippen LogP contribution in [0.1, 0.15) is 15.9 Å². The van der Waals surface area contributed by atoms with Gasteiger partial charge in [-0.1, -0.05) is 30.3 Å². The van der Waals surface area contributed by atoms with Crippen molar-refractivity contribution in [1.82, 2.24) is 5.32 Å². The van der Waals surface area contributed by atoms with E-state index in [1.54, 1.807) is 54.6 Å². The molecule has 0 fully saturated rings. The minimum absolute atomic E-state index is 0.108. The van der Waals surface area contributed by atoms with Gasteiger partial charge in [-0.15, -0.1) is 0 Å². The maximum absolute atomic E-state index is 12.3. The van der Waals surface area contributed by atoms with Crippen LogP contribution in [0.2, 0.25) is 0 Å². The number of carbonyl (C=O) groups is 2. The second-order valence-electron chi connectivity index (χ2n) is 5.77. The van der Waals surface area contributed by atoms with E-state index >= 15 is 0 Å². The van der Waals surface area contributed by atoms with E-state index in [1.165, 1.54) is 19.3 Å². The summed E-state index contributed by atoms with van der Waals surface area (Å²) < 4.78 is 5.20. The van der Waals surface area contributed by atoms with Crippen molar-refractivity contribution < 1.29 is 24.5 Å². The number of amides is 1. The van der Waals surface area contributed by atoms with Gasteiger partial charge in [0.05, 0.1) is 7.11 Å². The molecule has 0 spiro atoms. The van der Waals surface area contributed by atoms with Gasteiger partial charge in [0.1, 0.15) is 17.2 Å². The molecule has 0 saturated heterocycles. The third-order valence-electron chi connectivity index (χ3n) is 4.05. The van der Waals surface area contributed by atoms with Crippen LogP contribution in [0.25, 0.3) is 16.8 Å². The van der Waals surface area contributed by atoms with E-state index in [4.69, 9.17) is 4.74 Å². The molecule has 0 aliphatic carbocycles. The minimum atomic E-state index is -1.32. The third-order valence-corrected chi connectivity index (χ3v) is 4.05. The molecule has 3 aromatic rings. The summed E-state index contributed by atoms with van der Waals surface area (Å²) in [6, 6.07) is 16.7. The number of ether oxygens (including phenoxy) is 1. The van der Waals surface area contributed by atoms with Crippen LogP contribution in [0.5, 0.6) is 11.5 Å². The van der Waals surface area contributed by atoms with Gasteiger partial charge in [0.2, 0.25) is 0 Å². The molecular formula is C21H17NO5. The first-order valence-corrected chi connectivity index (χ1v) is 8.10. The molecular weight excluding hydrogens is 346 g/mol. The van der Waals surface area contributed by atoms with Gasteiger partial charge in [-0.25, -0.2) is 4.79 Å². The average molecular weight is 363 g/mol. The summed E-state index contributed by atoms with van der Waals surface area (Å²) in [4.78, 5) is 24.0. The van der Waals surface area contributed by atoms with Crippen molar-refractivity contribution in [2.45, 2.75) is 0 Å². The Balaban J connectivity index is 2.07. The molecule has 0 radical (unpaired) electrons. The van der Waals surface area contributed by atoms with Crippen LogP contribution in [0.4, 0.5) is 0 Å². The maximum atomic E-state index is 12.3. The number of benzene rings is 3. The fourth-order valence-electron chi connectivity index (χ4n) is 2.67. The van der Waals surface area contributed by atoms with Crippen LogP contribution in [0.15, 0.2) is 66.4 Å². The Morgan fingerprint density at radius 1 is 1.04 bits per heavy atom. The first-order chi connectivity index (χ1) is 13.0. The first-order valence-electron chi connectivity index (χ1n) is 8.10. The van der Waals surface area contributed by atoms with E-state index in [9.17, 15) is 19.8 Å². The lowest BCUT2D eigenvalue weighted by molar-refractivity contribution is -0.132. The third kappa shape index (κ3) is 3.90. The zero-order valence-corrected chi connectivity index (χ0v) is 14.5. The standard InChI is InChI=1S/C21H17NO5/c1-27-15-9-7-13-8-10-19(23)17(16(13)11-15)12-18(21(25)26)22-20(24)14-5-3-2-4-6-14/h2-12,23H,1H3,(H,22,24)(H,25,26)/b18-12+. The van der Waals surface area contributed by atoms with Crippen molar-refractivity contribution in [3.63, 3.8) is 0 Å². The van der Waals surface area contributed by atoms with E-state index in [2.05, 4.69) is 5.32 Å². The summed E-state index contributed by atoms with van der Waals surface area (Å²) in [6.45, 7) is 0. The quantitative estimate of drug-likeness (QED) is 0.604. The SMILES string of the molecule is COc1ccc2ccc(O)c(/C=C(/NC(=O)c3ccccc3)C(=O)O)c2c1. The van der Waals surface area contributed by atoms with Crippen molar-refractivity contribution in [2.24, 2.45) is 0 Å². The number of aromatic hydroxyl groups is 1. The number of carboxylic acid groups (broad SMARTS) is 1. The summed E-state index contributed by atoms with van der Waals surface area (Å²) in [5.41, 5.74) is 0.250. The molecule has 27 heavy (non-hydrogen) atoms. The Morgan fingerprint density at radius 2 is 1.74 bits per heavy atom. The topological polar surface area (TPSA) is 95.9 Å². The Kier molecular flexibility index (Phi) is 5.08. The van der Waals surface area contributed by atoms with Crippen LogP contribution in [0, 0.1) is 0 Å². The fraction of sp³-hybridized carbons (Fsp3) is 0.0476. The van der Waals surface area contributed by atoms with Crippen LogP contribution in [0.3, 0.4) is 0 Å². The Labute approximate surface area is 155 Å². The molecule has 3 rings (SSSR count). The molecule has 6 heteroatoms. The molecule has 3 N–H and O–H groups in total. The van der Waals surface area contributed by atoms with Crippen molar-refractivity contribution in [1.29, 1.82) is 0 Å². The van der Waals surface area contributed by atoms with E-state index in [0.29, 0.717) is 16.7 Å². The van der Waals surface area contributed by atoms with Gasteiger partial charge in [-0.05, 0) is 47.2 Å². The van der Waals surface area contributed by atoms with Crippen molar-refractivity contribution in [2.75, 3.05) is 7.11 Å². The highest BCUT2D eigenvalue weighted by Gasteiger charge is 2.15. The van der Waals surface area contributed by atoms with Gasteiger partial charge in [-0.2, -0.15) is 0 Å². The number of carboxylic acids is 1. The molecule has 0 atom stereocenters. The van der Waals surface area contributed by atoms with Gasteiger partial charge >= 0.3 is 5.97 Å². The second kappa shape index (κ2) is 7.61. The molecule has 3 aromatic carbocycles. The number of rotatable bonds is 5. The number of phenolic OH excluding ortho intramolecular Hbond substituents is 1. The van der Waals surface area contributed by atoms with Crippen molar-refractivity contribution in [3.8, 4) is 11.5 Å². The van der Waals surface area contributed by atoms with E-state index in [-0.39, 0.29) is 17.0 Å². The van der Waals surface area contributed by atoms with E-state index < -0.39 is 11.9 Å². The molecule has 1 amide bonds. The fourth-order valence-corrected chi connectivity index (χ4v) is 2.67. The summed E-state index contributed by atoms with van der Waals surface area (Å²) in [5.74, 6) is -1.42. The number of fused-ring (bicyclic) bond motifs is 1. The lowest BCUT2D eigenvalue weighted by atomic mass is 10.0. The molecule has 0 saturated carbocycles. The zero-order valence-electron chi connectivity index (χ0n) is 14.5. The Hall–Kier alpha value is -3.80. The Bertz CT molecular complexity index is 1040. The van der Waals surface area contributed by atoms with Gasteiger partial charge in [0.25, 0.3) is 5.91 Å². The Morgan fingerprint density at radius 3 is 2.41 bits per heavy atom. The zero-order chi connectivity index (χ0) is 19.4. The lowest BCUT2D eigenvalue weighted by Gasteiger charge is -2.10. The lowest BCUT2D eigenvalue weighted by Crippen LogP contribution is -2.27. The number of hydrogen-bond acceptors (Lipinski definition) is 4. The monoisotopic (exact) mass is 363 g/mol. The predicted octanol–water partition coefficient (Wildman–Crippen LogP) is 3.41. The normalized spacial score (nSPS) is 11.2. The van der Waals surface area contributed by atoms with Crippen molar-refractivity contribution in [3.05, 3.63) is 77.5 Å². The van der Waals surface area contributed by atoms with Gasteiger partial charge < -0.3 is 20.3 Å². The first kappa shape index (κ1) is 18.0. The molecule has 0 aromatic heterocycles. The number of aliphatic carboxylic acids is 1. The number of methoxy groups -OCH3 is 1. The van der Waals surface area contributed by atoms with Crippen LogP contribution in [-0.4, -0.2) is 29.2 Å². The van der Waals surface area contributed by atoms with Gasteiger partial charge in [0.15, 0.2) is 0 Å². The largest absolute Gasteiger partial charge is 0.507 e. The van der Waals surface area contributed by atoms with Crippen LogP contribution < -0.4 is 10.1 Å². The molecule has 0 aliphatic rings. The van der Waals surface area contributed by atoms with Crippen molar-refractivity contribution >= 4 is 28.7 Å². The highest BCUT2D eigenvalue weighted by atomic mass is 16.5. The average Bonchev–Trinajstić information content (AvgIpc) is 2.69. The summed E-state index contributed by atoms with van der Waals surface area (Å²) in [5, 5.41) is 23.5. The predicted molar refractivity (Wildman–Crippen MR) is 102 cm³/mol. The number of nitrogens with one attached hydrogen (secondary N) is 1. The highest BCUT2D eigenvalue weighted by Crippen LogP contribution is 2.31. The molecule has 0 heterocycles. The number of hydrogen-bond donors (Lipinski definition) is 3. The van der Waals surface area contributed by atoms with Crippen LogP contribution in [-0.2, 0) is 4.79 Å². The van der Waals surface area contributed by atoms with E-state index in [1.807, 2.05) is 0 Å². The maximum Gasteiger partial charge on any atom is 0.352 e. The molecule has 136 valence electrons. The molecule has 6 nitrogen and oxygen atoms in total.